The molecule has 0 spiro atoms. The first-order valence-electron chi connectivity index (χ1n) is 17.1. The smallest absolute Gasteiger partial charge is 0.164 e. The Labute approximate surface area is 271 Å². The van der Waals surface area contributed by atoms with Gasteiger partial charge in [-0.2, -0.15) is 0 Å². The van der Waals surface area contributed by atoms with Gasteiger partial charge in [0.2, 0.25) is 0 Å². The largest absolute Gasteiger partial charge is 0.208 e. The van der Waals surface area contributed by atoms with Gasteiger partial charge in [0.1, 0.15) is 0 Å². The molecule has 3 nitrogen and oxygen atoms in total. The average molecular weight is 597 g/mol. The average Bonchev–Trinajstić information content (AvgIpc) is 3.55. The molecule has 0 aliphatic carbocycles. The lowest BCUT2D eigenvalue weighted by molar-refractivity contribution is 1.08. The molecule has 0 N–H and O–H groups in total. The van der Waals surface area contributed by atoms with Crippen LogP contribution in [0.4, 0.5) is 0 Å². The predicted octanol–water partition coefficient (Wildman–Crippen LogP) is 11.2. The Hall–Kier alpha value is -5.71. The molecule has 0 radical (unpaired) electrons. The molecule has 9 rings (SSSR count). The van der Waals surface area contributed by atoms with E-state index >= 15 is 0 Å². The zero-order valence-corrected chi connectivity index (χ0v) is 24.6. The monoisotopic (exact) mass is 596 g/mol. The zero-order chi connectivity index (χ0) is 34.1. The van der Waals surface area contributed by atoms with Crippen LogP contribution in [0.1, 0.15) is 6.85 Å². The maximum atomic E-state index is 8.61. The minimum absolute atomic E-state index is 0.200. The Morgan fingerprint density at radius 3 is 1.91 bits per heavy atom. The van der Waals surface area contributed by atoms with Gasteiger partial charge < -0.3 is 0 Å². The SMILES string of the molecule is [2H]c1c([2H])c([2H])c(-c2cccc3c2sc2cc(-c4nc(-c5ccccc5)nc(-c5ccc6ccc7ccccc7c6c5)n4)ccc23)c([2H])c1[2H]. The van der Waals surface area contributed by atoms with Crippen molar-refractivity contribution < 1.29 is 6.85 Å². The number of hydrogen-bond acceptors (Lipinski definition) is 4. The van der Waals surface area contributed by atoms with Crippen molar-refractivity contribution in [3.63, 3.8) is 0 Å². The third kappa shape index (κ3) is 4.46. The number of benzene rings is 7. The maximum absolute atomic E-state index is 8.61. The topological polar surface area (TPSA) is 38.7 Å². The van der Waals surface area contributed by atoms with Crippen LogP contribution in [-0.2, 0) is 0 Å². The van der Waals surface area contributed by atoms with Crippen LogP contribution in [0.5, 0.6) is 0 Å². The fourth-order valence-electron chi connectivity index (χ4n) is 6.01. The highest BCUT2D eigenvalue weighted by atomic mass is 32.1. The number of hydrogen-bond donors (Lipinski definition) is 0. The van der Waals surface area contributed by atoms with E-state index in [2.05, 4.69) is 54.6 Å². The molecule has 2 aromatic heterocycles. The number of rotatable bonds is 4. The van der Waals surface area contributed by atoms with Crippen LogP contribution >= 0.6 is 11.3 Å². The quantitative estimate of drug-likeness (QED) is 0.190. The van der Waals surface area contributed by atoms with Gasteiger partial charge in [0.15, 0.2) is 17.5 Å². The van der Waals surface area contributed by atoms with Crippen LogP contribution in [0, 0.1) is 0 Å². The molecule has 0 aliphatic heterocycles. The normalized spacial score (nSPS) is 13.1. The molecule has 2 heterocycles. The third-order valence-electron chi connectivity index (χ3n) is 8.20. The van der Waals surface area contributed by atoms with Gasteiger partial charge in [0, 0.05) is 36.9 Å². The van der Waals surface area contributed by atoms with E-state index in [1.165, 1.54) is 22.1 Å². The summed E-state index contributed by atoms with van der Waals surface area (Å²) in [6, 6.07) is 39.1. The van der Waals surface area contributed by atoms with Gasteiger partial charge in [0.25, 0.3) is 0 Å². The predicted molar refractivity (Wildman–Crippen MR) is 189 cm³/mol. The highest BCUT2D eigenvalue weighted by Gasteiger charge is 2.16. The van der Waals surface area contributed by atoms with Gasteiger partial charge in [-0.1, -0.05) is 139 Å². The van der Waals surface area contributed by atoms with E-state index in [4.69, 9.17) is 21.8 Å². The van der Waals surface area contributed by atoms with Crippen molar-refractivity contribution in [2.75, 3.05) is 0 Å². The highest BCUT2D eigenvalue weighted by Crippen LogP contribution is 2.41. The number of aromatic nitrogens is 3. The summed E-state index contributed by atoms with van der Waals surface area (Å²) >= 11 is 1.52. The molecule has 0 bridgehead atoms. The van der Waals surface area contributed by atoms with Crippen LogP contribution in [0.3, 0.4) is 0 Å². The Morgan fingerprint density at radius 2 is 1.09 bits per heavy atom. The van der Waals surface area contributed by atoms with E-state index < -0.39 is 6.04 Å². The highest BCUT2D eigenvalue weighted by molar-refractivity contribution is 7.26. The first-order valence-corrected chi connectivity index (χ1v) is 15.4. The summed E-state index contributed by atoms with van der Waals surface area (Å²) in [4.78, 5) is 15.0. The Kier molecular flexibility index (Phi) is 4.90. The molecule has 4 heteroatoms. The molecule has 0 aliphatic rings. The molecular weight excluding hydrogens is 567 g/mol. The fraction of sp³-hybridized carbons (Fsp3) is 0. The summed E-state index contributed by atoms with van der Waals surface area (Å²) in [5.74, 6) is 1.68. The van der Waals surface area contributed by atoms with Gasteiger partial charge in [-0.05, 0) is 44.8 Å². The third-order valence-corrected chi connectivity index (χ3v) is 9.40. The fourth-order valence-corrected chi connectivity index (χ4v) is 7.27. The molecule has 0 atom stereocenters. The molecule has 210 valence electrons. The summed E-state index contributed by atoms with van der Waals surface area (Å²) < 4.78 is 43.6. The standard InChI is InChI=1S/C41H25N3S/c1-3-10-26(11-4-1)33-16-9-17-35-34-23-22-31(25-37(34)45-38(33)35)41-43-39(29-13-5-2-6-14-29)42-40(44-41)30-21-20-28-19-18-27-12-7-8-15-32(27)36(28)24-30/h1-25H/i1D,3D,4D,10D,11D. The first-order chi connectivity index (χ1) is 24.4. The maximum Gasteiger partial charge on any atom is 0.164 e. The van der Waals surface area contributed by atoms with Gasteiger partial charge in [-0.25, -0.2) is 15.0 Å². The lowest BCUT2D eigenvalue weighted by Gasteiger charge is -2.10. The second-order valence-electron chi connectivity index (χ2n) is 10.9. The van der Waals surface area contributed by atoms with Gasteiger partial charge in [0.05, 0.1) is 6.85 Å². The van der Waals surface area contributed by atoms with Crippen molar-refractivity contribution in [1.82, 2.24) is 15.0 Å². The molecular formula is C41H25N3S. The van der Waals surface area contributed by atoms with Gasteiger partial charge in [-0.15, -0.1) is 11.3 Å². The number of thiophene rings is 1. The molecule has 0 saturated heterocycles. The molecule has 0 fully saturated rings. The molecule has 0 unspecified atom stereocenters. The molecule has 7 aromatic carbocycles. The van der Waals surface area contributed by atoms with Crippen molar-refractivity contribution >= 4 is 53.1 Å². The van der Waals surface area contributed by atoms with E-state index in [1.807, 2.05) is 66.7 Å². The summed E-state index contributed by atoms with van der Waals surface area (Å²) in [7, 11) is 0. The van der Waals surface area contributed by atoms with E-state index in [-0.39, 0.29) is 29.7 Å². The Morgan fingerprint density at radius 1 is 0.444 bits per heavy atom. The van der Waals surface area contributed by atoms with Crippen LogP contribution in [-0.4, -0.2) is 15.0 Å². The molecule has 45 heavy (non-hydrogen) atoms. The second kappa shape index (κ2) is 10.5. The van der Waals surface area contributed by atoms with Crippen LogP contribution in [0.25, 0.3) is 87.0 Å². The molecule has 0 amide bonds. The van der Waals surface area contributed by atoms with Crippen molar-refractivity contribution in [2.24, 2.45) is 0 Å². The van der Waals surface area contributed by atoms with E-state index in [0.717, 1.165) is 47.6 Å². The molecule has 9 aromatic rings. The zero-order valence-electron chi connectivity index (χ0n) is 28.8. The van der Waals surface area contributed by atoms with Crippen molar-refractivity contribution in [3.05, 3.63) is 152 Å². The second-order valence-corrected chi connectivity index (χ2v) is 11.9. The lowest BCUT2D eigenvalue weighted by Crippen LogP contribution is -2.00. The van der Waals surface area contributed by atoms with Crippen LogP contribution in [0.2, 0.25) is 0 Å². The lowest BCUT2D eigenvalue weighted by atomic mass is 10.00. The summed E-state index contributed by atoms with van der Waals surface area (Å²) in [5.41, 5.74) is 3.40. The first kappa shape index (κ1) is 21.1. The van der Waals surface area contributed by atoms with Crippen molar-refractivity contribution in [2.45, 2.75) is 0 Å². The summed E-state index contributed by atoms with van der Waals surface area (Å²) in [5, 5.41) is 6.56. The van der Waals surface area contributed by atoms with E-state index in [9.17, 15) is 0 Å². The minimum atomic E-state index is -0.402. The van der Waals surface area contributed by atoms with E-state index in [0.29, 0.717) is 23.0 Å². The van der Waals surface area contributed by atoms with Gasteiger partial charge in [-0.3, -0.25) is 0 Å². The van der Waals surface area contributed by atoms with Gasteiger partial charge >= 0.3 is 0 Å². The van der Waals surface area contributed by atoms with Crippen LogP contribution in [0.15, 0.2) is 152 Å². The minimum Gasteiger partial charge on any atom is -0.208 e. The Balaban J connectivity index is 1.23. The van der Waals surface area contributed by atoms with E-state index in [1.54, 1.807) is 0 Å². The summed E-state index contributed by atoms with van der Waals surface area (Å²) in [6.45, 7) is 0. The van der Waals surface area contributed by atoms with Crippen molar-refractivity contribution in [1.29, 1.82) is 0 Å². The number of nitrogens with zero attached hydrogens (tertiary/aromatic N) is 3. The van der Waals surface area contributed by atoms with Crippen LogP contribution < -0.4 is 0 Å². The summed E-state index contributed by atoms with van der Waals surface area (Å²) in [6.07, 6.45) is 0. The Bertz CT molecular complexity index is 2810. The van der Waals surface area contributed by atoms with Crippen molar-refractivity contribution in [3.8, 4) is 45.3 Å². The molecule has 0 saturated carbocycles. The number of fused-ring (bicyclic) bond motifs is 6.